The maximum atomic E-state index is 5.00. The van der Waals surface area contributed by atoms with Crippen LogP contribution in [0.3, 0.4) is 0 Å². The summed E-state index contributed by atoms with van der Waals surface area (Å²) in [5.74, 6) is 1.92. The van der Waals surface area contributed by atoms with E-state index in [0.717, 1.165) is 35.2 Å². The molecule has 0 aliphatic heterocycles. The standard InChI is InChI=1S/C10H17N3OS/c1-8-9(11-2)12-7-13-10(8)15-6-4-5-14-3/h7H,4-6H2,1-3H3,(H,11,12,13). The number of ether oxygens (including phenoxy) is 1. The zero-order chi connectivity index (χ0) is 11.1. The molecule has 0 spiro atoms. The molecule has 1 rings (SSSR count). The number of rotatable bonds is 6. The van der Waals surface area contributed by atoms with Crippen LogP contribution in [0.4, 0.5) is 5.82 Å². The van der Waals surface area contributed by atoms with Gasteiger partial charge in [-0.1, -0.05) is 0 Å². The number of anilines is 1. The molecule has 5 heteroatoms. The average molecular weight is 227 g/mol. The number of methoxy groups -OCH3 is 1. The van der Waals surface area contributed by atoms with Crippen molar-refractivity contribution in [2.75, 3.05) is 31.8 Å². The Balaban J connectivity index is 2.53. The second kappa shape index (κ2) is 6.63. The molecular formula is C10H17N3OS. The summed E-state index contributed by atoms with van der Waals surface area (Å²) in [7, 11) is 3.59. The monoisotopic (exact) mass is 227 g/mol. The Hall–Kier alpha value is -0.810. The molecule has 0 atom stereocenters. The molecule has 84 valence electrons. The lowest BCUT2D eigenvalue weighted by Crippen LogP contribution is -1.99. The van der Waals surface area contributed by atoms with E-state index in [-0.39, 0.29) is 0 Å². The van der Waals surface area contributed by atoms with Crippen LogP contribution in [0.5, 0.6) is 0 Å². The van der Waals surface area contributed by atoms with Crippen LogP contribution in [0.25, 0.3) is 0 Å². The van der Waals surface area contributed by atoms with Crippen LogP contribution < -0.4 is 5.32 Å². The normalized spacial score (nSPS) is 10.3. The maximum Gasteiger partial charge on any atom is 0.133 e. The number of hydrogen-bond donors (Lipinski definition) is 1. The molecule has 0 aliphatic rings. The summed E-state index contributed by atoms with van der Waals surface area (Å²) in [6.07, 6.45) is 2.64. The summed E-state index contributed by atoms with van der Waals surface area (Å²) in [5.41, 5.74) is 1.11. The molecule has 0 amide bonds. The van der Waals surface area contributed by atoms with Gasteiger partial charge < -0.3 is 10.1 Å². The first-order valence-electron chi connectivity index (χ1n) is 4.90. The van der Waals surface area contributed by atoms with Crippen molar-refractivity contribution < 1.29 is 4.74 Å². The molecule has 0 unspecified atom stereocenters. The zero-order valence-electron chi connectivity index (χ0n) is 9.41. The summed E-state index contributed by atoms with van der Waals surface area (Å²) in [6.45, 7) is 2.83. The topological polar surface area (TPSA) is 47.0 Å². The van der Waals surface area contributed by atoms with Crippen molar-refractivity contribution in [3.8, 4) is 0 Å². The Morgan fingerprint density at radius 2 is 2.27 bits per heavy atom. The molecule has 1 N–H and O–H groups in total. The fraction of sp³-hybridized carbons (Fsp3) is 0.600. The first-order chi connectivity index (χ1) is 7.29. The predicted molar refractivity (Wildman–Crippen MR) is 63.5 cm³/mol. The zero-order valence-corrected chi connectivity index (χ0v) is 10.2. The molecule has 1 aromatic heterocycles. The molecule has 0 saturated carbocycles. The molecule has 0 aliphatic carbocycles. The number of thioether (sulfide) groups is 1. The minimum absolute atomic E-state index is 0.802. The van der Waals surface area contributed by atoms with Gasteiger partial charge in [0.25, 0.3) is 0 Å². The summed E-state index contributed by atoms with van der Waals surface area (Å²) in [4.78, 5) is 8.40. The van der Waals surface area contributed by atoms with E-state index < -0.39 is 0 Å². The van der Waals surface area contributed by atoms with Gasteiger partial charge in [-0.25, -0.2) is 9.97 Å². The molecule has 0 aromatic carbocycles. The van der Waals surface area contributed by atoms with E-state index in [4.69, 9.17) is 4.74 Å². The lowest BCUT2D eigenvalue weighted by Gasteiger charge is -2.07. The fourth-order valence-electron chi connectivity index (χ4n) is 1.20. The minimum atomic E-state index is 0.802. The van der Waals surface area contributed by atoms with Gasteiger partial charge in [-0.3, -0.25) is 0 Å². The fourth-order valence-corrected chi connectivity index (χ4v) is 2.09. The Bertz CT molecular complexity index is 307. The van der Waals surface area contributed by atoms with E-state index in [9.17, 15) is 0 Å². The van der Waals surface area contributed by atoms with Gasteiger partial charge in [-0.15, -0.1) is 11.8 Å². The van der Waals surface area contributed by atoms with Crippen molar-refractivity contribution in [2.24, 2.45) is 0 Å². The molecule has 1 aromatic rings. The highest BCUT2D eigenvalue weighted by atomic mass is 32.2. The van der Waals surface area contributed by atoms with Crippen molar-refractivity contribution in [3.05, 3.63) is 11.9 Å². The third-order valence-corrected chi connectivity index (χ3v) is 3.18. The summed E-state index contributed by atoms with van der Waals surface area (Å²) in [5, 5.41) is 4.09. The van der Waals surface area contributed by atoms with Gasteiger partial charge in [0.05, 0.1) is 0 Å². The van der Waals surface area contributed by atoms with Gasteiger partial charge >= 0.3 is 0 Å². The smallest absolute Gasteiger partial charge is 0.133 e. The second-order valence-electron chi connectivity index (χ2n) is 3.10. The van der Waals surface area contributed by atoms with Crippen LogP contribution in [0, 0.1) is 6.92 Å². The van der Waals surface area contributed by atoms with E-state index in [2.05, 4.69) is 15.3 Å². The maximum absolute atomic E-state index is 5.00. The van der Waals surface area contributed by atoms with Gasteiger partial charge in [-0.05, 0) is 13.3 Å². The van der Waals surface area contributed by atoms with Crippen LogP contribution in [-0.4, -0.2) is 36.5 Å². The molecule has 15 heavy (non-hydrogen) atoms. The minimum Gasteiger partial charge on any atom is -0.385 e. The van der Waals surface area contributed by atoms with E-state index in [1.165, 1.54) is 0 Å². The Morgan fingerprint density at radius 1 is 1.47 bits per heavy atom. The lowest BCUT2D eigenvalue weighted by molar-refractivity contribution is 0.200. The molecule has 4 nitrogen and oxygen atoms in total. The first-order valence-corrected chi connectivity index (χ1v) is 5.89. The van der Waals surface area contributed by atoms with Crippen molar-refractivity contribution in [1.29, 1.82) is 0 Å². The molecule has 0 fully saturated rings. The van der Waals surface area contributed by atoms with E-state index in [1.54, 1.807) is 25.2 Å². The third kappa shape index (κ3) is 3.68. The van der Waals surface area contributed by atoms with Gasteiger partial charge in [0, 0.05) is 32.1 Å². The highest BCUT2D eigenvalue weighted by Crippen LogP contribution is 2.23. The number of aromatic nitrogens is 2. The molecule has 0 bridgehead atoms. The number of nitrogens with zero attached hydrogens (tertiary/aromatic N) is 2. The van der Waals surface area contributed by atoms with Crippen LogP contribution in [0.2, 0.25) is 0 Å². The van der Waals surface area contributed by atoms with E-state index in [0.29, 0.717) is 0 Å². The van der Waals surface area contributed by atoms with Crippen LogP contribution in [-0.2, 0) is 4.74 Å². The largest absolute Gasteiger partial charge is 0.385 e. The lowest BCUT2D eigenvalue weighted by atomic mass is 10.3. The van der Waals surface area contributed by atoms with Crippen LogP contribution in [0.15, 0.2) is 11.4 Å². The molecule has 1 heterocycles. The number of nitrogens with one attached hydrogen (secondary N) is 1. The molecular weight excluding hydrogens is 210 g/mol. The van der Waals surface area contributed by atoms with Crippen molar-refractivity contribution >= 4 is 17.6 Å². The van der Waals surface area contributed by atoms with Crippen molar-refractivity contribution in [1.82, 2.24) is 9.97 Å². The SMILES string of the molecule is CNc1ncnc(SCCCOC)c1C. The Kier molecular flexibility index (Phi) is 5.42. The Labute approximate surface area is 94.8 Å². The third-order valence-electron chi connectivity index (χ3n) is 2.01. The molecule has 0 saturated heterocycles. The second-order valence-corrected chi connectivity index (χ2v) is 4.18. The summed E-state index contributed by atoms with van der Waals surface area (Å²) >= 11 is 1.75. The highest BCUT2D eigenvalue weighted by Gasteiger charge is 2.05. The summed E-state index contributed by atoms with van der Waals surface area (Å²) < 4.78 is 5.00. The average Bonchev–Trinajstić information content (AvgIpc) is 2.26. The quantitative estimate of drug-likeness (QED) is 0.457. The molecule has 0 radical (unpaired) electrons. The predicted octanol–water partition coefficient (Wildman–Crippen LogP) is 1.96. The van der Waals surface area contributed by atoms with Gasteiger partial charge in [0.1, 0.15) is 17.2 Å². The van der Waals surface area contributed by atoms with Gasteiger partial charge in [0.2, 0.25) is 0 Å². The van der Waals surface area contributed by atoms with Gasteiger partial charge in [-0.2, -0.15) is 0 Å². The summed E-state index contributed by atoms with van der Waals surface area (Å²) in [6, 6.07) is 0. The van der Waals surface area contributed by atoms with Crippen molar-refractivity contribution in [2.45, 2.75) is 18.4 Å². The Morgan fingerprint density at radius 3 is 2.93 bits per heavy atom. The highest BCUT2D eigenvalue weighted by molar-refractivity contribution is 7.99. The van der Waals surface area contributed by atoms with E-state index in [1.807, 2.05) is 14.0 Å². The van der Waals surface area contributed by atoms with Crippen LogP contribution in [0.1, 0.15) is 12.0 Å². The van der Waals surface area contributed by atoms with Gasteiger partial charge in [0.15, 0.2) is 0 Å². The van der Waals surface area contributed by atoms with E-state index >= 15 is 0 Å². The number of hydrogen-bond acceptors (Lipinski definition) is 5. The van der Waals surface area contributed by atoms with Crippen LogP contribution >= 0.6 is 11.8 Å². The first kappa shape index (κ1) is 12.3. The van der Waals surface area contributed by atoms with Crippen molar-refractivity contribution in [3.63, 3.8) is 0 Å².